The zero-order chi connectivity index (χ0) is 23.3. The van der Waals surface area contributed by atoms with Gasteiger partial charge in [0, 0.05) is 24.2 Å². The van der Waals surface area contributed by atoms with Crippen LogP contribution in [0.3, 0.4) is 0 Å². The first-order valence-electron chi connectivity index (χ1n) is 10.7. The molecule has 0 amide bonds. The molecule has 1 aliphatic carbocycles. The molecule has 0 saturated carbocycles. The highest BCUT2D eigenvalue weighted by molar-refractivity contribution is 6.43. The first-order valence-corrected chi connectivity index (χ1v) is 11.4. The van der Waals surface area contributed by atoms with E-state index in [1.165, 1.54) is 17.2 Å². The summed E-state index contributed by atoms with van der Waals surface area (Å²) in [6.45, 7) is 4.77. The van der Waals surface area contributed by atoms with Gasteiger partial charge in [0.15, 0.2) is 0 Å². The Hall–Kier alpha value is -2.05. The van der Waals surface area contributed by atoms with Crippen LogP contribution in [0.25, 0.3) is 6.08 Å². The van der Waals surface area contributed by atoms with E-state index in [9.17, 15) is 9.90 Å². The minimum Gasteiger partial charge on any atom is -0.491 e. The Balaban J connectivity index is 1.48. The molecule has 0 unspecified atom stereocenters. The zero-order valence-corrected chi connectivity index (χ0v) is 19.8. The van der Waals surface area contributed by atoms with Gasteiger partial charge >= 0.3 is 5.97 Å². The summed E-state index contributed by atoms with van der Waals surface area (Å²) in [5.74, 6) is -0.0858. The summed E-state index contributed by atoms with van der Waals surface area (Å²) in [5.41, 5.74) is 3.20. The van der Waals surface area contributed by atoms with E-state index in [-0.39, 0.29) is 22.2 Å². The smallest absolute Gasteiger partial charge is 0.328 e. The molecule has 3 rings (SSSR count). The van der Waals surface area contributed by atoms with Crippen molar-refractivity contribution < 1.29 is 19.7 Å². The summed E-state index contributed by atoms with van der Waals surface area (Å²) < 4.78 is 5.68. The molecule has 2 aromatic rings. The van der Waals surface area contributed by atoms with Crippen LogP contribution >= 0.6 is 23.2 Å². The Morgan fingerprint density at radius 1 is 1.25 bits per heavy atom. The van der Waals surface area contributed by atoms with Crippen LogP contribution < -0.4 is 10.1 Å². The van der Waals surface area contributed by atoms with Crippen molar-refractivity contribution >= 4 is 35.2 Å². The van der Waals surface area contributed by atoms with Crippen LogP contribution in [0.1, 0.15) is 37.0 Å². The van der Waals surface area contributed by atoms with Gasteiger partial charge in [0.1, 0.15) is 18.5 Å². The Morgan fingerprint density at radius 3 is 2.53 bits per heavy atom. The number of ether oxygens (including phenoxy) is 1. The molecule has 3 N–H and O–H groups in total. The molecule has 0 aliphatic heterocycles. The molecular weight excluding hydrogens is 449 g/mol. The average molecular weight is 478 g/mol. The maximum Gasteiger partial charge on any atom is 0.328 e. The number of β-amino-alcohol motifs (C(OH)–C–C–N with tert-alkyl or cyclic N) is 1. The second-order valence-electron chi connectivity index (χ2n) is 8.96. The number of carbonyl (C=O) groups is 1. The third kappa shape index (κ3) is 6.97. The second-order valence-corrected chi connectivity index (χ2v) is 9.74. The molecule has 0 heterocycles. The molecule has 0 spiro atoms. The van der Waals surface area contributed by atoms with Crippen LogP contribution in [-0.2, 0) is 17.6 Å². The van der Waals surface area contributed by atoms with Crippen LogP contribution in [0.5, 0.6) is 5.75 Å². The molecule has 7 heteroatoms. The number of halogens is 2. The monoisotopic (exact) mass is 477 g/mol. The van der Waals surface area contributed by atoms with Gasteiger partial charge in [0.05, 0.1) is 10.0 Å². The third-order valence-corrected chi connectivity index (χ3v) is 6.45. The third-order valence-electron chi connectivity index (χ3n) is 5.63. The Morgan fingerprint density at radius 2 is 1.91 bits per heavy atom. The van der Waals surface area contributed by atoms with Gasteiger partial charge in [-0.1, -0.05) is 47.5 Å². The molecule has 32 heavy (non-hydrogen) atoms. The van der Waals surface area contributed by atoms with Crippen molar-refractivity contribution in [3.63, 3.8) is 0 Å². The lowest BCUT2D eigenvalue weighted by Gasteiger charge is -2.30. The summed E-state index contributed by atoms with van der Waals surface area (Å²) in [7, 11) is 0. The number of aliphatic hydroxyl groups is 1. The maximum absolute atomic E-state index is 10.8. The van der Waals surface area contributed by atoms with E-state index in [1.54, 1.807) is 12.1 Å². The number of aliphatic hydroxyl groups excluding tert-OH is 1. The van der Waals surface area contributed by atoms with Gasteiger partial charge in [-0.05, 0) is 67.9 Å². The normalized spacial score (nSPS) is 15.2. The molecule has 1 atom stereocenters. The predicted molar refractivity (Wildman–Crippen MR) is 129 cm³/mol. The van der Waals surface area contributed by atoms with E-state index < -0.39 is 12.1 Å². The number of rotatable bonds is 10. The number of hydrogen-bond donors (Lipinski definition) is 3. The lowest BCUT2D eigenvalue weighted by Crippen LogP contribution is -2.46. The number of hydrogen-bond acceptors (Lipinski definition) is 4. The van der Waals surface area contributed by atoms with E-state index in [0.29, 0.717) is 23.8 Å². The fraction of sp³-hybridized carbons (Fsp3) is 0.400. The van der Waals surface area contributed by atoms with Crippen LogP contribution in [0.4, 0.5) is 0 Å². The first kappa shape index (κ1) is 24.6. The topological polar surface area (TPSA) is 78.8 Å². The molecule has 0 radical (unpaired) electrons. The lowest BCUT2D eigenvalue weighted by molar-refractivity contribution is -0.131. The van der Waals surface area contributed by atoms with Crippen molar-refractivity contribution in [2.24, 2.45) is 5.92 Å². The Labute approximate surface area is 199 Å². The standard InChI is InChI=1S/C25H29Cl2NO4/c1-25(2,13-16-9-17-5-3-4-6-18(17)10-16)28-14-20(29)15-32-21-11-19(7-8-23(30)31)24(27)22(26)12-21/h3-8,11-12,16,20,28-29H,9-10,13-15H2,1-2H3,(H,30,31)/b8-7+/t20-/m1/s1. The van der Waals surface area contributed by atoms with Gasteiger partial charge in [0.2, 0.25) is 0 Å². The van der Waals surface area contributed by atoms with Gasteiger partial charge in [-0.3, -0.25) is 0 Å². The number of fused-ring (bicyclic) bond motifs is 1. The fourth-order valence-electron chi connectivity index (χ4n) is 4.18. The van der Waals surface area contributed by atoms with E-state index >= 15 is 0 Å². The highest BCUT2D eigenvalue weighted by Gasteiger charge is 2.28. The number of carboxylic acid groups (broad SMARTS) is 1. The summed E-state index contributed by atoms with van der Waals surface area (Å²) >= 11 is 12.2. The second kappa shape index (κ2) is 10.7. The SMILES string of the molecule is CC(C)(CC1Cc2ccccc2C1)NC[C@@H](O)COc1cc(Cl)c(Cl)c(/C=C/C(=O)O)c1. The van der Waals surface area contributed by atoms with E-state index in [4.69, 9.17) is 33.0 Å². The largest absolute Gasteiger partial charge is 0.491 e. The van der Waals surface area contributed by atoms with Crippen molar-refractivity contribution in [1.82, 2.24) is 5.32 Å². The number of carboxylic acids is 1. The van der Waals surface area contributed by atoms with Gasteiger partial charge in [-0.15, -0.1) is 0 Å². The highest BCUT2D eigenvalue weighted by atomic mass is 35.5. The van der Waals surface area contributed by atoms with Crippen molar-refractivity contribution in [3.05, 3.63) is 69.2 Å². The molecule has 0 bridgehead atoms. The molecule has 0 saturated heterocycles. The van der Waals surface area contributed by atoms with Crippen LogP contribution in [-0.4, -0.2) is 41.0 Å². The summed E-state index contributed by atoms with van der Waals surface area (Å²) in [6.07, 6.45) is 4.83. The van der Waals surface area contributed by atoms with Crippen molar-refractivity contribution in [3.8, 4) is 5.75 Å². The molecule has 2 aromatic carbocycles. The van der Waals surface area contributed by atoms with E-state index in [1.807, 2.05) is 0 Å². The van der Waals surface area contributed by atoms with Crippen molar-refractivity contribution in [2.45, 2.75) is 44.8 Å². The molecule has 0 aromatic heterocycles. The van der Waals surface area contributed by atoms with Gasteiger partial charge in [-0.25, -0.2) is 4.79 Å². The van der Waals surface area contributed by atoms with Crippen LogP contribution in [0.2, 0.25) is 10.0 Å². The first-order chi connectivity index (χ1) is 15.1. The summed E-state index contributed by atoms with van der Waals surface area (Å²) in [6, 6.07) is 11.8. The number of nitrogens with one attached hydrogen (secondary N) is 1. The molecule has 1 aliphatic rings. The number of benzene rings is 2. The minimum atomic E-state index is -1.09. The molecular formula is C25H29Cl2NO4. The molecule has 0 fully saturated rings. The maximum atomic E-state index is 10.8. The Bertz CT molecular complexity index is 965. The minimum absolute atomic E-state index is 0.0675. The van der Waals surface area contributed by atoms with Crippen molar-refractivity contribution in [1.29, 1.82) is 0 Å². The fourth-order valence-corrected chi connectivity index (χ4v) is 4.57. The van der Waals surface area contributed by atoms with Crippen molar-refractivity contribution in [2.75, 3.05) is 13.2 Å². The van der Waals surface area contributed by atoms with E-state index in [2.05, 4.69) is 43.4 Å². The summed E-state index contributed by atoms with van der Waals surface area (Å²) in [4.78, 5) is 10.8. The lowest BCUT2D eigenvalue weighted by atomic mass is 9.88. The molecule has 5 nitrogen and oxygen atoms in total. The van der Waals surface area contributed by atoms with Gasteiger partial charge < -0.3 is 20.3 Å². The van der Waals surface area contributed by atoms with Crippen LogP contribution in [0.15, 0.2) is 42.5 Å². The van der Waals surface area contributed by atoms with Crippen LogP contribution in [0, 0.1) is 5.92 Å². The molecule has 172 valence electrons. The quantitative estimate of drug-likeness (QED) is 0.419. The average Bonchev–Trinajstić information content (AvgIpc) is 3.13. The zero-order valence-electron chi connectivity index (χ0n) is 18.3. The Kier molecular flexibility index (Phi) is 8.23. The van der Waals surface area contributed by atoms with E-state index in [0.717, 1.165) is 25.3 Å². The van der Waals surface area contributed by atoms with Gasteiger partial charge in [0.25, 0.3) is 0 Å². The summed E-state index contributed by atoms with van der Waals surface area (Å²) in [5, 5.41) is 23.2. The van der Waals surface area contributed by atoms with Gasteiger partial charge in [-0.2, -0.15) is 0 Å². The predicted octanol–water partition coefficient (Wildman–Crippen LogP) is 5.00. The highest BCUT2D eigenvalue weighted by Crippen LogP contribution is 2.33. The number of aliphatic carboxylic acids is 1.